The van der Waals surface area contributed by atoms with E-state index < -0.39 is 34.5 Å². The monoisotopic (exact) mass is 556 g/mol. The largest absolute Gasteiger partial charge is 0.497 e. The van der Waals surface area contributed by atoms with Crippen LogP contribution in [0.2, 0.25) is 0 Å². The molecule has 2 aromatic heterocycles. The average Bonchev–Trinajstić information content (AvgIpc) is 3.33. The quantitative estimate of drug-likeness (QED) is 0.447. The van der Waals surface area contributed by atoms with Crippen molar-refractivity contribution in [3.8, 4) is 11.5 Å². The van der Waals surface area contributed by atoms with E-state index in [0.29, 0.717) is 30.0 Å². The molecule has 1 unspecified atom stereocenters. The van der Waals surface area contributed by atoms with E-state index in [9.17, 15) is 19.5 Å². The predicted molar refractivity (Wildman–Crippen MR) is 146 cm³/mol. The van der Waals surface area contributed by atoms with Gasteiger partial charge in [0.25, 0.3) is 0 Å². The maximum absolute atomic E-state index is 15.7. The molecule has 40 heavy (non-hydrogen) atoms. The number of nitrogens with zero attached hydrogens (tertiary/aromatic N) is 3. The van der Waals surface area contributed by atoms with E-state index in [1.165, 1.54) is 31.9 Å². The fourth-order valence-electron chi connectivity index (χ4n) is 4.73. The third-order valence-corrected chi connectivity index (χ3v) is 6.64. The molecule has 214 valence electrons. The Labute approximate surface area is 230 Å². The summed E-state index contributed by atoms with van der Waals surface area (Å²) in [7, 11) is 3.02. The second-order valence-electron chi connectivity index (χ2n) is 10.6. The molecule has 4 rings (SSSR count). The summed E-state index contributed by atoms with van der Waals surface area (Å²) in [5.74, 6) is -1.09. The van der Waals surface area contributed by atoms with Crippen molar-refractivity contribution in [2.45, 2.75) is 52.3 Å². The summed E-state index contributed by atoms with van der Waals surface area (Å²) in [5, 5.41) is 12.4. The fourth-order valence-corrected chi connectivity index (χ4v) is 4.73. The van der Waals surface area contributed by atoms with Gasteiger partial charge < -0.3 is 34.1 Å². The Morgan fingerprint density at radius 3 is 2.58 bits per heavy atom. The third-order valence-electron chi connectivity index (χ3n) is 6.64. The summed E-state index contributed by atoms with van der Waals surface area (Å²) in [5.41, 5.74) is -1.19. The van der Waals surface area contributed by atoms with Gasteiger partial charge >= 0.3 is 12.1 Å². The van der Waals surface area contributed by atoms with E-state index >= 15 is 4.39 Å². The summed E-state index contributed by atoms with van der Waals surface area (Å²) < 4.78 is 33.3. The number of carboxylic acids is 1. The first-order chi connectivity index (χ1) is 18.8. The number of ether oxygens (including phenoxy) is 3. The van der Waals surface area contributed by atoms with Gasteiger partial charge in [0, 0.05) is 36.5 Å². The second kappa shape index (κ2) is 11.0. The summed E-state index contributed by atoms with van der Waals surface area (Å²) in [6.45, 7) is 7.49. The molecule has 3 aromatic rings. The van der Waals surface area contributed by atoms with E-state index in [-0.39, 0.29) is 41.5 Å². The Morgan fingerprint density at radius 2 is 1.95 bits per heavy atom. The van der Waals surface area contributed by atoms with Gasteiger partial charge in [0.1, 0.15) is 28.3 Å². The fraction of sp³-hybridized carbons (Fsp3) is 0.429. The highest BCUT2D eigenvalue weighted by Gasteiger charge is 2.30. The number of hydrogen-bond acceptors (Lipinski definition) is 8. The number of pyridine rings is 2. The van der Waals surface area contributed by atoms with Crippen LogP contribution >= 0.6 is 0 Å². The van der Waals surface area contributed by atoms with Gasteiger partial charge in [-0.1, -0.05) is 0 Å². The first kappa shape index (κ1) is 28.7. The molecule has 0 spiro atoms. The zero-order chi connectivity index (χ0) is 29.4. The smallest absolute Gasteiger partial charge is 0.407 e. The molecule has 2 N–H and O–H groups in total. The second-order valence-corrected chi connectivity index (χ2v) is 10.6. The van der Waals surface area contributed by atoms with Crippen molar-refractivity contribution >= 4 is 28.9 Å². The zero-order valence-electron chi connectivity index (χ0n) is 23.3. The number of alkyl carbamates (subject to hydrolysis) is 1. The van der Waals surface area contributed by atoms with Gasteiger partial charge in [-0.05, 0) is 46.2 Å². The lowest BCUT2D eigenvalue weighted by Crippen LogP contribution is -2.40. The van der Waals surface area contributed by atoms with Gasteiger partial charge in [-0.25, -0.2) is 19.0 Å². The van der Waals surface area contributed by atoms with Crippen LogP contribution in [-0.4, -0.2) is 65.7 Å². The first-order valence-electron chi connectivity index (χ1n) is 12.7. The van der Waals surface area contributed by atoms with E-state index in [0.717, 1.165) is 0 Å². The van der Waals surface area contributed by atoms with Crippen molar-refractivity contribution in [2.75, 3.05) is 32.2 Å². The number of carboxylic acid groups (broad SMARTS) is 1. The molecule has 1 aromatic carbocycles. The molecule has 11 nitrogen and oxygen atoms in total. The summed E-state index contributed by atoms with van der Waals surface area (Å²) >= 11 is 0. The van der Waals surface area contributed by atoms with E-state index in [4.69, 9.17) is 14.2 Å². The molecule has 12 heteroatoms. The number of fused-ring (bicyclic) bond motifs is 1. The van der Waals surface area contributed by atoms with Gasteiger partial charge in [0.2, 0.25) is 5.43 Å². The predicted octanol–water partition coefficient (Wildman–Crippen LogP) is 3.71. The number of aromatic nitrogens is 2. The first-order valence-corrected chi connectivity index (χ1v) is 12.7. The van der Waals surface area contributed by atoms with Crippen molar-refractivity contribution in [1.82, 2.24) is 14.9 Å². The minimum atomic E-state index is -1.43. The number of hydrogen-bond donors (Lipinski definition) is 2. The number of rotatable bonds is 7. The topological polar surface area (TPSA) is 132 Å². The normalized spacial score (nSPS) is 15.3. The number of anilines is 1. The summed E-state index contributed by atoms with van der Waals surface area (Å²) in [6, 6.07) is 4.87. The number of nitrogens with one attached hydrogen (secondary N) is 1. The molecule has 1 aliphatic heterocycles. The lowest BCUT2D eigenvalue weighted by atomic mass is 10.1. The summed E-state index contributed by atoms with van der Waals surface area (Å²) in [6.07, 6.45) is 1.18. The van der Waals surface area contributed by atoms with Crippen LogP contribution in [0, 0.1) is 12.7 Å². The Morgan fingerprint density at radius 1 is 1.23 bits per heavy atom. The van der Waals surface area contributed by atoms with Gasteiger partial charge in [-0.3, -0.25) is 4.79 Å². The van der Waals surface area contributed by atoms with Crippen LogP contribution in [0.5, 0.6) is 11.5 Å². The van der Waals surface area contributed by atoms with Crippen molar-refractivity contribution in [2.24, 2.45) is 0 Å². The minimum absolute atomic E-state index is 0.00732. The maximum atomic E-state index is 15.7. The molecule has 0 bridgehead atoms. The SMILES string of the molecule is COc1ccc(Cn2cc(C(=O)O)c(=O)c3c(C)c(F)c(N4CCC(NC(=O)OC(C)(C)C)C4)nc32)c(OC)c1. The Kier molecular flexibility index (Phi) is 7.90. The highest BCUT2D eigenvalue weighted by Crippen LogP contribution is 2.30. The Bertz CT molecular complexity index is 1530. The Balaban J connectivity index is 1.78. The Hall–Kier alpha value is -4.35. The molecule has 1 atom stereocenters. The summed E-state index contributed by atoms with van der Waals surface area (Å²) in [4.78, 5) is 43.6. The van der Waals surface area contributed by atoms with Gasteiger partial charge in [-0.2, -0.15) is 0 Å². The zero-order valence-corrected chi connectivity index (χ0v) is 23.3. The number of carbonyl (C=O) groups is 2. The number of benzene rings is 1. The van der Waals surface area contributed by atoms with E-state index in [1.807, 2.05) is 0 Å². The molecular formula is C28H33FN4O7. The van der Waals surface area contributed by atoms with Crippen molar-refractivity contribution in [3.05, 3.63) is 57.1 Å². The lowest BCUT2D eigenvalue weighted by Gasteiger charge is -2.23. The third kappa shape index (κ3) is 5.80. The minimum Gasteiger partial charge on any atom is -0.497 e. The van der Waals surface area contributed by atoms with Crippen LogP contribution in [-0.2, 0) is 11.3 Å². The van der Waals surface area contributed by atoms with Crippen LogP contribution in [0.25, 0.3) is 11.0 Å². The number of aryl methyl sites for hydroxylation is 1. The molecule has 1 amide bonds. The standard InChI is InChI=1S/C28H33FN4O7/c1-15-21-23(34)19(26(35)36)14-33(12-16-7-8-18(38-5)11-20(16)39-6)24(21)31-25(22(15)29)32-10-9-17(13-32)30-27(37)40-28(2,3)4/h7-8,11,14,17H,9-10,12-13H2,1-6H3,(H,30,37)(H,35,36). The van der Waals surface area contributed by atoms with Crippen molar-refractivity contribution < 1.29 is 33.3 Å². The molecule has 3 heterocycles. The van der Waals surface area contributed by atoms with Gasteiger partial charge in [0.05, 0.1) is 32.2 Å². The molecule has 0 aliphatic carbocycles. The number of carbonyl (C=O) groups excluding carboxylic acids is 1. The van der Waals surface area contributed by atoms with Crippen LogP contribution in [0.3, 0.4) is 0 Å². The number of amides is 1. The number of methoxy groups -OCH3 is 2. The molecule has 1 fully saturated rings. The number of halogens is 1. The van der Waals surface area contributed by atoms with E-state index in [2.05, 4.69) is 10.3 Å². The van der Waals surface area contributed by atoms with Crippen LogP contribution in [0.1, 0.15) is 48.7 Å². The van der Waals surface area contributed by atoms with Crippen LogP contribution in [0.4, 0.5) is 15.0 Å². The van der Waals surface area contributed by atoms with Gasteiger partial charge in [-0.15, -0.1) is 0 Å². The lowest BCUT2D eigenvalue weighted by molar-refractivity contribution is 0.0508. The highest BCUT2D eigenvalue weighted by atomic mass is 19.1. The molecule has 1 aliphatic rings. The molecule has 1 saturated heterocycles. The molecular weight excluding hydrogens is 523 g/mol. The maximum Gasteiger partial charge on any atom is 0.407 e. The average molecular weight is 557 g/mol. The van der Waals surface area contributed by atoms with Gasteiger partial charge in [0.15, 0.2) is 11.6 Å². The molecule has 0 saturated carbocycles. The molecule has 0 radical (unpaired) electrons. The van der Waals surface area contributed by atoms with E-state index in [1.54, 1.807) is 43.9 Å². The van der Waals surface area contributed by atoms with Crippen LogP contribution < -0.4 is 25.1 Å². The van der Waals surface area contributed by atoms with Crippen molar-refractivity contribution in [3.63, 3.8) is 0 Å². The highest BCUT2D eigenvalue weighted by molar-refractivity contribution is 5.93. The van der Waals surface area contributed by atoms with Crippen molar-refractivity contribution in [1.29, 1.82) is 0 Å². The number of aromatic carboxylic acids is 1. The van der Waals surface area contributed by atoms with Crippen LogP contribution in [0.15, 0.2) is 29.2 Å².